The Kier molecular flexibility index (Phi) is 438. The monoisotopic (exact) mass is 158 g/mol. The molecule has 0 bridgehead atoms. The third-order valence-electron chi connectivity index (χ3n) is 0. The summed E-state index contributed by atoms with van der Waals surface area (Å²) in [4.78, 5) is 0. The Morgan fingerprint density at radius 1 is 0.750 bits per heavy atom. The minimum Gasteiger partial charge on any atom is -0.358 e. The summed E-state index contributed by atoms with van der Waals surface area (Å²) in [6.45, 7) is 0. The van der Waals surface area contributed by atoms with Gasteiger partial charge in [-0.1, -0.05) is 0 Å². The van der Waals surface area contributed by atoms with Crippen molar-refractivity contribution in [1.82, 2.24) is 0 Å². The maximum absolute atomic E-state index is 0. The zero-order valence-corrected chi connectivity index (χ0v) is 9.35. The molecule has 0 aliphatic carbocycles. The van der Waals surface area contributed by atoms with Gasteiger partial charge in [0.25, 0.3) is 0 Å². The van der Waals surface area contributed by atoms with Gasteiger partial charge in [-0.25, -0.2) is 0 Å². The van der Waals surface area contributed by atoms with Crippen LogP contribution in [0.5, 0.6) is 0 Å². The second-order valence-corrected chi connectivity index (χ2v) is 0. The van der Waals surface area contributed by atoms with E-state index in [0.29, 0.717) is 0 Å². The van der Waals surface area contributed by atoms with Crippen LogP contribution in [0.2, 0.25) is 0 Å². The largest absolute Gasteiger partial charge is 2.00 e. The number of hydrogen-bond donors (Lipinski definition) is 0. The van der Waals surface area contributed by atoms with E-state index >= 15 is 0 Å². The molecule has 0 aromatic heterocycles. The van der Waals surface area contributed by atoms with Crippen LogP contribution in [0.3, 0.4) is 0 Å². The van der Waals surface area contributed by atoms with Gasteiger partial charge in [0, 0.05) is 19.5 Å². The van der Waals surface area contributed by atoms with Gasteiger partial charge in [-0.2, -0.15) is 0 Å². The summed E-state index contributed by atoms with van der Waals surface area (Å²) < 4.78 is 0. The van der Waals surface area contributed by atoms with Crippen LogP contribution in [0, 0.1) is 14.9 Å². The maximum Gasteiger partial charge on any atom is 2.00 e. The summed E-state index contributed by atoms with van der Waals surface area (Å²) >= 11 is 0. The Balaban J connectivity index is 0. The van der Waals surface area contributed by atoms with Crippen LogP contribution in [-0.4, -0.2) is 0 Å². The molecule has 0 heterocycles. The van der Waals surface area contributed by atoms with Crippen molar-refractivity contribution in [2.75, 3.05) is 0 Å². The normalized spacial score (nSPS) is 0. The van der Waals surface area contributed by atoms with Gasteiger partial charge in [0.05, 0.1) is 0 Å². The molecule has 0 aromatic rings. The summed E-state index contributed by atoms with van der Waals surface area (Å²) in [5.74, 6) is 0. The molecule has 0 saturated heterocycles. The van der Waals surface area contributed by atoms with Crippen LogP contribution in [0.15, 0.2) is 0 Å². The molecule has 0 aliphatic heterocycles. The van der Waals surface area contributed by atoms with E-state index in [-0.39, 0.29) is 53.8 Å². The minimum absolute atomic E-state index is 0. The Morgan fingerprint density at radius 3 is 0.750 bits per heavy atom. The molecular weight excluding hydrogens is 155 g/mol. The van der Waals surface area contributed by atoms with Crippen molar-refractivity contribution in [3.8, 4) is 0 Å². The molecule has 0 saturated carbocycles. The fraction of sp³-hybridized carbons (Fsp3) is 0. The molecule has 0 atom stereocenters. The van der Waals surface area contributed by atoms with Gasteiger partial charge in [0.15, 0.2) is 0 Å². The molecule has 4 heavy (non-hydrogen) atoms. The molecule has 0 rings (SSSR count). The first-order valence-corrected chi connectivity index (χ1v) is 0. The number of hydrogen-bond acceptors (Lipinski definition) is 0. The van der Waals surface area contributed by atoms with Crippen LogP contribution in [-0.2, 0) is 39.0 Å². The molecule has 0 fully saturated rings. The van der Waals surface area contributed by atoms with Crippen LogP contribution in [0.1, 0.15) is 0 Å². The first-order valence-electron chi connectivity index (χ1n) is 0. The van der Waals surface area contributed by atoms with Crippen LogP contribution in [0.25, 0.3) is 0 Å². The molecule has 2 heteroatoms. The molecule has 0 unspecified atom stereocenters. The zero-order chi connectivity index (χ0) is 0. The molecule has 18 valence electrons. The fourth-order valence-electron chi connectivity index (χ4n) is 0. The molecule has 0 amide bonds. The Bertz CT molecular complexity index is 4.00. The quantitative estimate of drug-likeness (QED) is 0.365. The van der Waals surface area contributed by atoms with E-state index in [0.717, 1.165) is 0 Å². The first-order chi connectivity index (χ1) is 0. The van der Waals surface area contributed by atoms with Gasteiger partial charge in [-0.3, -0.25) is 0 Å². The molecule has 0 aliphatic rings. The van der Waals surface area contributed by atoms with Crippen molar-refractivity contribution < 1.29 is 39.0 Å². The van der Waals surface area contributed by atoms with E-state index in [1.807, 2.05) is 0 Å². The predicted octanol–water partition coefficient (Wildman–Crippen LogP) is 0.896. The van der Waals surface area contributed by atoms with Crippen LogP contribution in [0.4, 0.5) is 0 Å². The van der Waals surface area contributed by atoms with E-state index in [1.165, 1.54) is 0 Å². The van der Waals surface area contributed by atoms with Crippen molar-refractivity contribution in [1.29, 1.82) is 0 Å². The van der Waals surface area contributed by atoms with E-state index in [9.17, 15) is 0 Å². The second kappa shape index (κ2) is 28.8. The first kappa shape index (κ1) is 60.9. The Labute approximate surface area is 53.9 Å². The molecule has 0 aromatic carbocycles. The minimum atomic E-state index is 0. The average Bonchev–Trinajstić information content (AvgIpc) is 0. The Morgan fingerprint density at radius 2 is 0.750 bits per heavy atom. The Hall–Kier alpha value is 1.25. The van der Waals surface area contributed by atoms with Crippen molar-refractivity contribution in [2.45, 2.75) is 0 Å². The summed E-state index contributed by atoms with van der Waals surface area (Å²) in [7, 11) is 0. The topological polar surface area (TPSA) is 0 Å². The fourth-order valence-corrected chi connectivity index (χ4v) is 0. The van der Waals surface area contributed by atoms with Crippen molar-refractivity contribution in [3.05, 3.63) is 14.9 Å². The molecule has 0 spiro atoms. The standard InChI is InChI=1S/2CH3.2Zn/h2*1H3;;/q2*-1;;+2. The smallest absolute Gasteiger partial charge is 0.358 e. The van der Waals surface area contributed by atoms with E-state index in [2.05, 4.69) is 0 Å². The summed E-state index contributed by atoms with van der Waals surface area (Å²) in [5.41, 5.74) is 0. The van der Waals surface area contributed by atoms with E-state index in [1.54, 1.807) is 0 Å². The van der Waals surface area contributed by atoms with Crippen molar-refractivity contribution in [2.24, 2.45) is 0 Å². The maximum atomic E-state index is 0. The third kappa shape index (κ3) is 10.5. The van der Waals surface area contributed by atoms with Gasteiger partial charge in [0.1, 0.15) is 0 Å². The molecule has 0 N–H and O–H groups in total. The average molecular weight is 161 g/mol. The molecule has 0 radical (unpaired) electrons. The third-order valence-corrected chi connectivity index (χ3v) is 0. The van der Waals surface area contributed by atoms with Crippen molar-refractivity contribution >= 4 is 0 Å². The summed E-state index contributed by atoms with van der Waals surface area (Å²) in [5, 5.41) is 0. The van der Waals surface area contributed by atoms with Gasteiger partial charge < -0.3 is 14.9 Å². The summed E-state index contributed by atoms with van der Waals surface area (Å²) in [6, 6.07) is 0. The van der Waals surface area contributed by atoms with Gasteiger partial charge in [0.2, 0.25) is 0 Å². The van der Waals surface area contributed by atoms with E-state index < -0.39 is 0 Å². The SMILES string of the molecule is [CH3-].[CH3-].[Zn+2].[Zn]. The predicted molar refractivity (Wildman–Crippen MR) is 12.8 cm³/mol. The summed E-state index contributed by atoms with van der Waals surface area (Å²) in [6.07, 6.45) is 0. The number of rotatable bonds is 0. The van der Waals surface area contributed by atoms with Crippen LogP contribution < -0.4 is 0 Å². The van der Waals surface area contributed by atoms with Crippen LogP contribution >= 0.6 is 0 Å². The zero-order valence-electron chi connectivity index (χ0n) is 3.41. The molecular formula is C2H6Zn2. The van der Waals surface area contributed by atoms with Crippen molar-refractivity contribution in [3.63, 3.8) is 0 Å². The van der Waals surface area contributed by atoms with Gasteiger partial charge >= 0.3 is 19.5 Å². The van der Waals surface area contributed by atoms with E-state index in [4.69, 9.17) is 0 Å². The van der Waals surface area contributed by atoms with Gasteiger partial charge in [-0.05, 0) is 0 Å². The second-order valence-electron chi connectivity index (χ2n) is 0. The molecule has 0 nitrogen and oxygen atoms in total. The van der Waals surface area contributed by atoms with Gasteiger partial charge in [-0.15, -0.1) is 0 Å².